The van der Waals surface area contributed by atoms with Crippen molar-refractivity contribution in [2.45, 2.75) is 6.42 Å². The first kappa shape index (κ1) is 7.75. The van der Waals surface area contributed by atoms with E-state index in [1.54, 1.807) is 6.08 Å². The highest BCUT2D eigenvalue weighted by atomic mass is 32.2. The zero-order valence-electron chi connectivity index (χ0n) is 5.62. The molecule has 4 heteroatoms. The van der Waals surface area contributed by atoms with Crippen molar-refractivity contribution in [3.8, 4) is 0 Å². The van der Waals surface area contributed by atoms with E-state index in [1.807, 2.05) is 0 Å². The molecule has 0 amide bonds. The van der Waals surface area contributed by atoms with Crippen molar-refractivity contribution in [1.29, 1.82) is 0 Å². The van der Waals surface area contributed by atoms with Crippen molar-refractivity contribution in [3.63, 3.8) is 0 Å². The number of hydrogen-bond acceptors (Lipinski definition) is 3. The highest BCUT2D eigenvalue weighted by Gasteiger charge is 2.22. The summed E-state index contributed by atoms with van der Waals surface area (Å²) >= 11 is 0. The summed E-state index contributed by atoms with van der Waals surface area (Å²) in [7, 11) is -3.22. The fourth-order valence-electron chi connectivity index (χ4n) is 0.906. The Hall–Kier alpha value is -0.350. The van der Waals surface area contributed by atoms with Crippen LogP contribution in [0.2, 0.25) is 0 Å². The third-order valence-corrected chi connectivity index (χ3v) is 2.87. The summed E-state index contributed by atoms with van der Waals surface area (Å²) < 4.78 is 26.0. The quantitative estimate of drug-likeness (QED) is 0.417. The lowest BCUT2D eigenvalue weighted by molar-refractivity contribution is 0.273. The van der Waals surface area contributed by atoms with E-state index in [1.165, 1.54) is 0 Å². The van der Waals surface area contributed by atoms with Gasteiger partial charge in [0.05, 0.1) is 12.4 Å². The molecule has 0 N–H and O–H groups in total. The molecule has 0 bridgehead atoms. The molecular formula is C6H10O3S. The van der Waals surface area contributed by atoms with Crippen molar-refractivity contribution < 1.29 is 12.6 Å². The predicted octanol–water partition coefficient (Wildman–Crippen LogP) is 0.539. The average molecular weight is 162 g/mol. The molecule has 0 radical (unpaired) electrons. The fourth-order valence-corrected chi connectivity index (χ4v) is 2.18. The van der Waals surface area contributed by atoms with Gasteiger partial charge in [-0.15, -0.1) is 6.58 Å². The molecule has 1 aliphatic rings. The maximum atomic E-state index is 10.7. The van der Waals surface area contributed by atoms with E-state index in [4.69, 9.17) is 0 Å². The van der Waals surface area contributed by atoms with Crippen molar-refractivity contribution in [2.75, 3.05) is 12.4 Å². The van der Waals surface area contributed by atoms with Crippen LogP contribution in [0, 0.1) is 5.92 Å². The molecule has 0 spiro atoms. The molecule has 0 aliphatic carbocycles. The van der Waals surface area contributed by atoms with Crippen LogP contribution in [0.4, 0.5) is 0 Å². The van der Waals surface area contributed by atoms with Crippen molar-refractivity contribution in [2.24, 2.45) is 5.92 Å². The van der Waals surface area contributed by atoms with Gasteiger partial charge in [-0.1, -0.05) is 6.08 Å². The molecule has 1 rings (SSSR count). The van der Waals surface area contributed by atoms with E-state index in [0.717, 1.165) is 6.42 Å². The van der Waals surface area contributed by atoms with Crippen molar-refractivity contribution in [1.82, 2.24) is 0 Å². The van der Waals surface area contributed by atoms with E-state index in [2.05, 4.69) is 10.8 Å². The van der Waals surface area contributed by atoms with Gasteiger partial charge in [-0.25, -0.2) is 0 Å². The SMILES string of the molecule is C=CC1CCOS(=O)(=O)C1. The third kappa shape index (κ3) is 1.82. The molecule has 1 saturated heterocycles. The summed E-state index contributed by atoms with van der Waals surface area (Å²) in [5.74, 6) is 0.176. The summed E-state index contributed by atoms with van der Waals surface area (Å²) in [6.45, 7) is 3.83. The van der Waals surface area contributed by atoms with Crippen molar-refractivity contribution >= 4 is 10.1 Å². The zero-order valence-corrected chi connectivity index (χ0v) is 6.43. The maximum absolute atomic E-state index is 10.7. The van der Waals surface area contributed by atoms with E-state index >= 15 is 0 Å². The van der Waals surface area contributed by atoms with Crippen LogP contribution in [-0.2, 0) is 14.3 Å². The standard InChI is InChI=1S/C6H10O3S/c1-2-6-3-4-9-10(7,8)5-6/h2,6H,1,3-5H2. The first-order valence-corrected chi connectivity index (χ1v) is 4.71. The zero-order chi connectivity index (χ0) is 7.61. The topological polar surface area (TPSA) is 43.4 Å². The Bertz CT molecular complexity index is 217. The van der Waals surface area contributed by atoms with E-state index in [9.17, 15) is 8.42 Å². The second-order valence-corrected chi connectivity index (χ2v) is 4.02. The number of hydrogen-bond donors (Lipinski definition) is 0. The molecule has 10 heavy (non-hydrogen) atoms. The molecule has 0 aromatic rings. The summed E-state index contributed by atoms with van der Waals surface area (Å²) in [5.41, 5.74) is 0. The van der Waals surface area contributed by atoms with Crippen LogP contribution in [0.5, 0.6) is 0 Å². The van der Waals surface area contributed by atoms with Crippen LogP contribution >= 0.6 is 0 Å². The molecule has 3 nitrogen and oxygen atoms in total. The molecule has 0 saturated carbocycles. The Morgan fingerprint density at radius 1 is 1.60 bits per heavy atom. The Morgan fingerprint density at radius 3 is 2.70 bits per heavy atom. The van der Waals surface area contributed by atoms with Gasteiger partial charge in [0.15, 0.2) is 0 Å². The molecule has 0 aromatic heterocycles. The lowest BCUT2D eigenvalue weighted by Crippen LogP contribution is -2.24. The second-order valence-electron chi connectivity index (χ2n) is 2.33. The van der Waals surface area contributed by atoms with Gasteiger partial charge in [-0.3, -0.25) is 4.18 Å². The monoisotopic (exact) mass is 162 g/mol. The third-order valence-electron chi connectivity index (χ3n) is 1.50. The first-order valence-electron chi connectivity index (χ1n) is 3.14. The molecular weight excluding hydrogens is 152 g/mol. The minimum Gasteiger partial charge on any atom is -0.270 e. The minimum absolute atomic E-state index is 0.0822. The smallest absolute Gasteiger partial charge is 0.267 e. The fraction of sp³-hybridized carbons (Fsp3) is 0.667. The Balaban J connectivity index is 2.65. The van der Waals surface area contributed by atoms with Crippen LogP contribution in [0.15, 0.2) is 12.7 Å². The average Bonchev–Trinajstić information content (AvgIpc) is 1.86. The number of allylic oxidation sites excluding steroid dienone is 1. The van der Waals surface area contributed by atoms with Crippen LogP contribution in [0.25, 0.3) is 0 Å². The van der Waals surface area contributed by atoms with Crippen LogP contribution < -0.4 is 0 Å². The Labute approximate surface area is 60.8 Å². The number of rotatable bonds is 1. The Kier molecular flexibility index (Phi) is 2.11. The van der Waals surface area contributed by atoms with Crippen molar-refractivity contribution in [3.05, 3.63) is 12.7 Å². The minimum atomic E-state index is -3.22. The van der Waals surface area contributed by atoms with E-state index in [0.29, 0.717) is 6.61 Å². The summed E-state index contributed by atoms with van der Waals surface area (Å²) in [4.78, 5) is 0. The molecule has 1 aliphatic heterocycles. The van der Waals surface area contributed by atoms with Crippen LogP contribution in [0.3, 0.4) is 0 Å². The second kappa shape index (κ2) is 2.72. The highest BCUT2D eigenvalue weighted by Crippen LogP contribution is 2.15. The van der Waals surface area contributed by atoms with Gasteiger partial charge in [0, 0.05) is 0 Å². The summed E-state index contributed by atoms with van der Waals surface area (Å²) in [5, 5.41) is 0. The van der Waals surface area contributed by atoms with Crippen LogP contribution in [-0.4, -0.2) is 20.8 Å². The van der Waals surface area contributed by atoms with Gasteiger partial charge in [0.2, 0.25) is 0 Å². The van der Waals surface area contributed by atoms with Gasteiger partial charge < -0.3 is 0 Å². The molecule has 1 fully saturated rings. The first-order chi connectivity index (χ1) is 4.64. The van der Waals surface area contributed by atoms with Gasteiger partial charge in [0.1, 0.15) is 0 Å². The van der Waals surface area contributed by atoms with E-state index < -0.39 is 10.1 Å². The van der Waals surface area contributed by atoms with Gasteiger partial charge in [-0.2, -0.15) is 8.42 Å². The summed E-state index contributed by atoms with van der Waals surface area (Å²) in [6.07, 6.45) is 2.43. The molecule has 0 aromatic carbocycles. The lowest BCUT2D eigenvalue weighted by Gasteiger charge is -2.17. The van der Waals surface area contributed by atoms with Crippen LogP contribution in [0.1, 0.15) is 6.42 Å². The normalized spacial score (nSPS) is 31.4. The Morgan fingerprint density at radius 2 is 2.30 bits per heavy atom. The van der Waals surface area contributed by atoms with E-state index in [-0.39, 0.29) is 11.7 Å². The predicted molar refractivity (Wildman–Crippen MR) is 38.0 cm³/mol. The molecule has 1 atom stereocenters. The van der Waals surface area contributed by atoms with Gasteiger partial charge >= 0.3 is 0 Å². The van der Waals surface area contributed by atoms with Gasteiger partial charge in [0.25, 0.3) is 10.1 Å². The lowest BCUT2D eigenvalue weighted by atomic mass is 10.1. The largest absolute Gasteiger partial charge is 0.270 e. The molecule has 1 heterocycles. The maximum Gasteiger partial charge on any atom is 0.267 e. The summed E-state index contributed by atoms with van der Waals surface area (Å²) in [6, 6.07) is 0. The highest BCUT2D eigenvalue weighted by molar-refractivity contribution is 7.86. The molecule has 1 unspecified atom stereocenters. The van der Waals surface area contributed by atoms with Gasteiger partial charge in [-0.05, 0) is 12.3 Å². The molecule has 58 valence electrons.